The average Bonchev–Trinajstić information content (AvgIpc) is 2.84. The number of nitrogens with one attached hydrogen (secondary N) is 2. The molecule has 0 bridgehead atoms. The van der Waals surface area contributed by atoms with E-state index in [0.29, 0.717) is 34.0 Å². The molecule has 2 heterocycles. The lowest BCUT2D eigenvalue weighted by molar-refractivity contribution is 0.0936. The first-order valence-corrected chi connectivity index (χ1v) is 10.2. The second-order valence-corrected chi connectivity index (χ2v) is 7.33. The third-order valence-electron chi connectivity index (χ3n) is 5.07. The highest BCUT2D eigenvalue weighted by atomic mass is 19.1. The predicted molar refractivity (Wildman–Crippen MR) is 121 cm³/mol. The van der Waals surface area contributed by atoms with E-state index < -0.39 is 6.04 Å². The van der Waals surface area contributed by atoms with Crippen LogP contribution in [0.4, 0.5) is 4.39 Å². The first-order chi connectivity index (χ1) is 16.0. The van der Waals surface area contributed by atoms with Gasteiger partial charge < -0.3 is 15.0 Å². The minimum absolute atomic E-state index is 0.226. The Morgan fingerprint density at radius 1 is 1.09 bits per heavy atom. The standard InChI is InChI=1S/C25H21FN4O3/c1-33-21-4-2-3-18(13-21)25(32)29-22(16-5-7-19(26)8-6-16)14-20-15-23(31)30-24(28-20)17-9-11-27-12-10-17/h2-13,15,22H,14H2,1H3,(H,29,32)(H,28,30,31). The Morgan fingerprint density at radius 2 is 1.85 bits per heavy atom. The van der Waals surface area contributed by atoms with Crippen LogP contribution < -0.4 is 15.6 Å². The minimum atomic E-state index is -0.552. The molecule has 33 heavy (non-hydrogen) atoms. The van der Waals surface area contributed by atoms with Crippen molar-refractivity contribution >= 4 is 5.91 Å². The Balaban J connectivity index is 1.66. The quantitative estimate of drug-likeness (QED) is 0.453. The van der Waals surface area contributed by atoms with Crippen molar-refractivity contribution in [2.75, 3.05) is 7.11 Å². The van der Waals surface area contributed by atoms with Gasteiger partial charge in [0, 0.05) is 36.0 Å². The average molecular weight is 444 g/mol. The molecule has 2 aromatic carbocycles. The number of rotatable bonds is 7. The van der Waals surface area contributed by atoms with Gasteiger partial charge in [0.1, 0.15) is 17.4 Å². The molecule has 2 aromatic heterocycles. The maximum atomic E-state index is 13.5. The van der Waals surface area contributed by atoms with Crippen molar-refractivity contribution in [2.45, 2.75) is 12.5 Å². The van der Waals surface area contributed by atoms with Gasteiger partial charge in [-0.15, -0.1) is 0 Å². The summed E-state index contributed by atoms with van der Waals surface area (Å²) in [7, 11) is 1.53. The number of methoxy groups -OCH3 is 1. The van der Waals surface area contributed by atoms with Gasteiger partial charge in [-0.3, -0.25) is 14.6 Å². The number of ether oxygens (including phenoxy) is 1. The van der Waals surface area contributed by atoms with Crippen LogP contribution in [0.25, 0.3) is 11.4 Å². The van der Waals surface area contributed by atoms with Crippen molar-refractivity contribution in [3.05, 3.63) is 112 Å². The molecule has 1 unspecified atom stereocenters. The van der Waals surface area contributed by atoms with E-state index in [9.17, 15) is 14.0 Å². The lowest BCUT2D eigenvalue weighted by Gasteiger charge is -2.20. The van der Waals surface area contributed by atoms with E-state index in [4.69, 9.17) is 4.74 Å². The molecule has 0 spiro atoms. The van der Waals surface area contributed by atoms with Gasteiger partial charge in [-0.1, -0.05) is 18.2 Å². The second-order valence-electron chi connectivity index (χ2n) is 7.33. The minimum Gasteiger partial charge on any atom is -0.497 e. The van der Waals surface area contributed by atoms with Gasteiger partial charge >= 0.3 is 0 Å². The summed E-state index contributed by atoms with van der Waals surface area (Å²) >= 11 is 0. The monoisotopic (exact) mass is 444 g/mol. The molecule has 0 aliphatic rings. The number of benzene rings is 2. The van der Waals surface area contributed by atoms with E-state index in [2.05, 4.69) is 20.3 Å². The number of pyridine rings is 1. The molecular formula is C25H21FN4O3. The molecule has 0 aliphatic heterocycles. The van der Waals surface area contributed by atoms with Crippen molar-refractivity contribution < 1.29 is 13.9 Å². The summed E-state index contributed by atoms with van der Waals surface area (Å²) in [4.78, 5) is 36.5. The molecule has 0 fully saturated rings. The van der Waals surface area contributed by atoms with E-state index in [1.165, 1.54) is 25.3 Å². The van der Waals surface area contributed by atoms with Gasteiger partial charge in [-0.05, 0) is 48.0 Å². The molecule has 1 atom stereocenters. The highest BCUT2D eigenvalue weighted by Gasteiger charge is 2.19. The third-order valence-corrected chi connectivity index (χ3v) is 5.07. The number of amides is 1. The molecule has 8 heteroatoms. The summed E-state index contributed by atoms with van der Waals surface area (Å²) in [5.74, 6) is 0.240. The Morgan fingerprint density at radius 3 is 2.58 bits per heavy atom. The zero-order chi connectivity index (χ0) is 23.2. The third kappa shape index (κ3) is 5.48. The fourth-order valence-electron chi connectivity index (χ4n) is 3.42. The van der Waals surface area contributed by atoms with Gasteiger partial charge in [-0.25, -0.2) is 9.37 Å². The highest BCUT2D eigenvalue weighted by Crippen LogP contribution is 2.21. The van der Waals surface area contributed by atoms with Gasteiger partial charge in [0.15, 0.2) is 0 Å². The van der Waals surface area contributed by atoms with Crippen LogP contribution in [0.5, 0.6) is 5.75 Å². The first kappa shape index (κ1) is 21.9. The van der Waals surface area contributed by atoms with Crippen LogP contribution in [0.3, 0.4) is 0 Å². The lowest BCUT2D eigenvalue weighted by Crippen LogP contribution is -2.30. The van der Waals surface area contributed by atoms with Crippen LogP contribution in [-0.2, 0) is 6.42 Å². The number of halogens is 1. The Kier molecular flexibility index (Phi) is 6.54. The summed E-state index contributed by atoms with van der Waals surface area (Å²) in [6.45, 7) is 0. The molecule has 0 saturated heterocycles. The van der Waals surface area contributed by atoms with Gasteiger partial charge in [0.25, 0.3) is 11.5 Å². The van der Waals surface area contributed by atoms with E-state index in [1.54, 1.807) is 60.9 Å². The molecule has 7 nitrogen and oxygen atoms in total. The number of H-pyrrole nitrogens is 1. The maximum absolute atomic E-state index is 13.5. The highest BCUT2D eigenvalue weighted by molar-refractivity contribution is 5.94. The Bertz CT molecular complexity index is 1310. The number of hydrogen-bond donors (Lipinski definition) is 2. The Labute approximate surface area is 189 Å². The van der Waals surface area contributed by atoms with Crippen molar-refractivity contribution in [1.29, 1.82) is 0 Å². The van der Waals surface area contributed by atoms with Gasteiger partial charge in [0.2, 0.25) is 0 Å². The van der Waals surface area contributed by atoms with Crippen LogP contribution in [-0.4, -0.2) is 28.0 Å². The van der Waals surface area contributed by atoms with Gasteiger partial charge in [0.05, 0.1) is 18.8 Å². The van der Waals surface area contributed by atoms with E-state index in [1.807, 2.05) is 0 Å². The van der Waals surface area contributed by atoms with Crippen LogP contribution in [0, 0.1) is 5.82 Å². The fraction of sp³-hybridized carbons (Fsp3) is 0.120. The molecule has 4 aromatic rings. The van der Waals surface area contributed by atoms with Crippen LogP contribution >= 0.6 is 0 Å². The molecular weight excluding hydrogens is 423 g/mol. The fourth-order valence-corrected chi connectivity index (χ4v) is 3.42. The largest absolute Gasteiger partial charge is 0.497 e. The second kappa shape index (κ2) is 9.86. The van der Waals surface area contributed by atoms with Crippen molar-refractivity contribution in [3.8, 4) is 17.1 Å². The van der Waals surface area contributed by atoms with Crippen LogP contribution in [0.2, 0.25) is 0 Å². The summed E-state index contributed by atoms with van der Waals surface area (Å²) in [6, 6.07) is 16.9. The number of nitrogens with zero attached hydrogens (tertiary/aromatic N) is 2. The zero-order valence-electron chi connectivity index (χ0n) is 17.8. The van der Waals surface area contributed by atoms with Crippen molar-refractivity contribution in [2.24, 2.45) is 0 Å². The Hall–Kier alpha value is -4.33. The molecule has 1 amide bonds. The molecule has 0 radical (unpaired) electrons. The predicted octanol–water partition coefficient (Wildman–Crippen LogP) is 3.69. The van der Waals surface area contributed by atoms with E-state index in [-0.39, 0.29) is 23.7 Å². The normalized spacial score (nSPS) is 11.6. The smallest absolute Gasteiger partial charge is 0.251 e. The number of hydrogen-bond acceptors (Lipinski definition) is 5. The van der Waals surface area contributed by atoms with Crippen LogP contribution in [0.1, 0.15) is 27.7 Å². The topological polar surface area (TPSA) is 97.0 Å². The molecule has 4 rings (SSSR count). The summed E-state index contributed by atoms with van der Waals surface area (Å²) < 4.78 is 18.7. The molecule has 166 valence electrons. The first-order valence-electron chi connectivity index (χ1n) is 10.2. The summed E-state index contributed by atoms with van der Waals surface area (Å²) in [5, 5.41) is 2.97. The van der Waals surface area contributed by atoms with Crippen molar-refractivity contribution in [1.82, 2.24) is 20.3 Å². The zero-order valence-corrected chi connectivity index (χ0v) is 17.8. The number of aromatic nitrogens is 3. The number of carbonyl (C=O) groups excluding carboxylic acids is 1. The summed E-state index contributed by atoms with van der Waals surface area (Å²) in [6.07, 6.45) is 3.44. The van der Waals surface area contributed by atoms with Gasteiger partial charge in [-0.2, -0.15) is 0 Å². The van der Waals surface area contributed by atoms with Crippen molar-refractivity contribution in [3.63, 3.8) is 0 Å². The molecule has 0 saturated carbocycles. The summed E-state index contributed by atoms with van der Waals surface area (Å²) in [5.41, 5.74) is 1.97. The van der Waals surface area contributed by atoms with Crippen LogP contribution in [0.15, 0.2) is 83.9 Å². The van der Waals surface area contributed by atoms with E-state index in [0.717, 1.165) is 0 Å². The lowest BCUT2D eigenvalue weighted by atomic mass is 10.0. The molecule has 0 aliphatic carbocycles. The number of carbonyl (C=O) groups is 1. The maximum Gasteiger partial charge on any atom is 0.251 e. The SMILES string of the molecule is COc1cccc(C(=O)NC(Cc2cc(=O)[nH]c(-c3ccncc3)n2)c2ccc(F)cc2)c1. The van der Waals surface area contributed by atoms with E-state index >= 15 is 0 Å². The number of aromatic amines is 1. The molecule has 2 N–H and O–H groups in total.